The summed E-state index contributed by atoms with van der Waals surface area (Å²) in [5.41, 5.74) is 2.25. The van der Waals surface area contributed by atoms with E-state index < -0.39 is 12.0 Å². The zero-order chi connectivity index (χ0) is 14.5. The van der Waals surface area contributed by atoms with Crippen LogP contribution in [-0.4, -0.2) is 47.7 Å². The maximum atomic E-state index is 12.2. The van der Waals surface area contributed by atoms with Crippen molar-refractivity contribution in [2.75, 3.05) is 19.8 Å². The number of carboxylic acids is 1. The zero-order valence-corrected chi connectivity index (χ0v) is 11.5. The molecule has 1 unspecified atom stereocenters. The average molecular weight is 277 g/mol. The van der Waals surface area contributed by atoms with Gasteiger partial charge in [-0.1, -0.05) is 29.8 Å². The average Bonchev–Trinajstić information content (AvgIpc) is 2.45. The molecule has 1 heterocycles. The van der Waals surface area contributed by atoms with Crippen molar-refractivity contribution in [3.63, 3.8) is 0 Å². The number of benzene rings is 1. The highest BCUT2D eigenvalue weighted by Gasteiger charge is 2.32. The molecule has 0 saturated carbocycles. The lowest BCUT2D eigenvalue weighted by molar-refractivity contribution is -0.158. The third-order valence-electron chi connectivity index (χ3n) is 3.44. The van der Waals surface area contributed by atoms with E-state index >= 15 is 0 Å². The minimum Gasteiger partial charge on any atom is -0.480 e. The van der Waals surface area contributed by atoms with E-state index in [9.17, 15) is 9.59 Å². The molecule has 0 bridgehead atoms. The Morgan fingerprint density at radius 1 is 1.45 bits per heavy atom. The summed E-state index contributed by atoms with van der Waals surface area (Å²) in [6.07, 6.45) is 0.956. The first kappa shape index (κ1) is 14.5. The number of aliphatic carboxylic acids is 1. The molecule has 0 aliphatic carbocycles. The van der Waals surface area contributed by atoms with E-state index in [1.165, 1.54) is 4.90 Å². The molecular formula is C15H19NO4. The third kappa shape index (κ3) is 3.57. The highest BCUT2D eigenvalue weighted by Crippen LogP contribution is 2.12. The summed E-state index contributed by atoms with van der Waals surface area (Å²) in [5.74, 6) is -1.13. The van der Waals surface area contributed by atoms with E-state index in [0.29, 0.717) is 26.0 Å². The SMILES string of the molecule is Cc1cccc(CCC(=O)N2CCOCC2C(=O)O)c1. The van der Waals surface area contributed by atoms with Crippen molar-refractivity contribution in [3.05, 3.63) is 35.4 Å². The van der Waals surface area contributed by atoms with Crippen LogP contribution in [0.1, 0.15) is 17.5 Å². The molecule has 1 amide bonds. The molecule has 1 aliphatic rings. The molecule has 2 rings (SSSR count). The van der Waals surface area contributed by atoms with E-state index in [4.69, 9.17) is 9.84 Å². The number of amides is 1. The number of carbonyl (C=O) groups is 2. The summed E-state index contributed by atoms with van der Waals surface area (Å²) in [6.45, 7) is 2.84. The van der Waals surface area contributed by atoms with Crippen LogP contribution in [-0.2, 0) is 20.7 Å². The smallest absolute Gasteiger partial charge is 0.328 e. The number of ether oxygens (including phenoxy) is 1. The number of nitrogens with zero attached hydrogens (tertiary/aromatic N) is 1. The molecule has 0 aromatic heterocycles. The second-order valence-corrected chi connectivity index (χ2v) is 5.01. The first-order chi connectivity index (χ1) is 9.58. The Morgan fingerprint density at radius 3 is 2.95 bits per heavy atom. The Morgan fingerprint density at radius 2 is 2.25 bits per heavy atom. The molecule has 5 nitrogen and oxygen atoms in total. The summed E-state index contributed by atoms with van der Waals surface area (Å²) in [7, 11) is 0. The Bertz CT molecular complexity index is 500. The lowest BCUT2D eigenvalue weighted by atomic mass is 10.1. The van der Waals surface area contributed by atoms with Crippen molar-refractivity contribution in [1.29, 1.82) is 0 Å². The van der Waals surface area contributed by atoms with Gasteiger partial charge in [0.2, 0.25) is 5.91 Å². The van der Waals surface area contributed by atoms with E-state index in [1.807, 2.05) is 31.2 Å². The van der Waals surface area contributed by atoms with Crippen molar-refractivity contribution >= 4 is 11.9 Å². The number of hydrogen-bond donors (Lipinski definition) is 1. The van der Waals surface area contributed by atoms with Crippen LogP contribution in [0.15, 0.2) is 24.3 Å². The zero-order valence-electron chi connectivity index (χ0n) is 11.5. The van der Waals surface area contributed by atoms with Gasteiger partial charge in [0.15, 0.2) is 6.04 Å². The largest absolute Gasteiger partial charge is 0.480 e. The topological polar surface area (TPSA) is 66.8 Å². The number of morpholine rings is 1. The Kier molecular flexibility index (Phi) is 4.74. The van der Waals surface area contributed by atoms with Crippen LogP contribution in [0.5, 0.6) is 0 Å². The summed E-state index contributed by atoms with van der Waals surface area (Å²) in [6, 6.07) is 7.14. The van der Waals surface area contributed by atoms with Crippen molar-refractivity contribution in [2.45, 2.75) is 25.8 Å². The predicted octanol–water partition coefficient (Wildman–Crippen LogP) is 1.24. The van der Waals surface area contributed by atoms with Crippen molar-refractivity contribution in [1.82, 2.24) is 4.90 Å². The summed E-state index contributed by atoms with van der Waals surface area (Å²) in [4.78, 5) is 24.7. The van der Waals surface area contributed by atoms with E-state index in [-0.39, 0.29) is 12.5 Å². The van der Waals surface area contributed by atoms with Gasteiger partial charge in [-0.3, -0.25) is 4.79 Å². The second-order valence-electron chi connectivity index (χ2n) is 5.01. The monoisotopic (exact) mass is 277 g/mol. The Labute approximate surface area is 118 Å². The van der Waals surface area contributed by atoms with Crippen LogP contribution in [0.2, 0.25) is 0 Å². The molecule has 1 atom stereocenters. The van der Waals surface area contributed by atoms with E-state index in [2.05, 4.69) is 0 Å². The molecular weight excluding hydrogens is 258 g/mol. The first-order valence-corrected chi connectivity index (χ1v) is 6.73. The molecule has 0 spiro atoms. The molecule has 1 saturated heterocycles. The molecule has 5 heteroatoms. The second kappa shape index (κ2) is 6.52. The van der Waals surface area contributed by atoms with Gasteiger partial charge >= 0.3 is 5.97 Å². The molecule has 1 aromatic carbocycles. The van der Waals surface area contributed by atoms with Crippen LogP contribution in [0.25, 0.3) is 0 Å². The van der Waals surface area contributed by atoms with Gasteiger partial charge in [-0.25, -0.2) is 4.79 Å². The van der Waals surface area contributed by atoms with Gasteiger partial charge in [0, 0.05) is 13.0 Å². The van der Waals surface area contributed by atoms with Crippen LogP contribution in [0.3, 0.4) is 0 Å². The van der Waals surface area contributed by atoms with Crippen LogP contribution in [0.4, 0.5) is 0 Å². The maximum Gasteiger partial charge on any atom is 0.328 e. The van der Waals surface area contributed by atoms with Gasteiger partial charge in [-0.05, 0) is 18.9 Å². The fourth-order valence-corrected chi connectivity index (χ4v) is 2.37. The normalized spacial score (nSPS) is 18.9. The predicted molar refractivity (Wildman–Crippen MR) is 73.5 cm³/mol. The van der Waals surface area contributed by atoms with E-state index in [1.54, 1.807) is 0 Å². The molecule has 1 aliphatic heterocycles. The van der Waals surface area contributed by atoms with Gasteiger partial charge < -0.3 is 14.7 Å². The highest BCUT2D eigenvalue weighted by atomic mass is 16.5. The summed E-state index contributed by atoms with van der Waals surface area (Å²) >= 11 is 0. The molecule has 1 N–H and O–H groups in total. The van der Waals surface area contributed by atoms with Gasteiger partial charge in [0.05, 0.1) is 13.2 Å². The third-order valence-corrected chi connectivity index (χ3v) is 3.44. The van der Waals surface area contributed by atoms with Crippen LogP contribution < -0.4 is 0 Å². The van der Waals surface area contributed by atoms with Crippen molar-refractivity contribution in [3.8, 4) is 0 Å². The number of aryl methyl sites for hydroxylation is 2. The fourth-order valence-electron chi connectivity index (χ4n) is 2.37. The van der Waals surface area contributed by atoms with Crippen molar-refractivity contribution < 1.29 is 19.4 Å². The number of hydrogen-bond acceptors (Lipinski definition) is 3. The highest BCUT2D eigenvalue weighted by molar-refractivity contribution is 5.84. The summed E-state index contributed by atoms with van der Waals surface area (Å²) < 4.78 is 5.13. The number of rotatable bonds is 4. The lowest BCUT2D eigenvalue weighted by Gasteiger charge is -2.32. The fraction of sp³-hybridized carbons (Fsp3) is 0.467. The first-order valence-electron chi connectivity index (χ1n) is 6.73. The number of carbonyl (C=O) groups excluding carboxylic acids is 1. The molecule has 0 radical (unpaired) electrons. The van der Waals surface area contributed by atoms with Gasteiger partial charge in [-0.15, -0.1) is 0 Å². The van der Waals surface area contributed by atoms with Crippen LogP contribution in [0, 0.1) is 6.92 Å². The minimum absolute atomic E-state index is 0.0749. The molecule has 20 heavy (non-hydrogen) atoms. The van der Waals surface area contributed by atoms with Gasteiger partial charge in [-0.2, -0.15) is 0 Å². The molecule has 1 aromatic rings. The minimum atomic E-state index is -1.01. The Balaban J connectivity index is 1.95. The standard InChI is InChI=1S/C15H19NO4/c1-11-3-2-4-12(9-11)5-6-14(17)16-7-8-20-10-13(16)15(18)19/h2-4,9,13H,5-8,10H2,1H3,(H,18,19). The van der Waals surface area contributed by atoms with Crippen LogP contribution >= 0.6 is 0 Å². The van der Waals surface area contributed by atoms with Gasteiger partial charge in [0.25, 0.3) is 0 Å². The maximum absolute atomic E-state index is 12.2. The quantitative estimate of drug-likeness (QED) is 0.899. The summed E-state index contributed by atoms with van der Waals surface area (Å²) in [5, 5.41) is 9.11. The Hall–Kier alpha value is -1.88. The van der Waals surface area contributed by atoms with E-state index in [0.717, 1.165) is 11.1 Å². The molecule has 1 fully saturated rings. The van der Waals surface area contributed by atoms with Gasteiger partial charge in [0.1, 0.15) is 0 Å². The molecule has 108 valence electrons. The number of carboxylic acid groups (broad SMARTS) is 1. The van der Waals surface area contributed by atoms with Crippen molar-refractivity contribution in [2.24, 2.45) is 0 Å². The lowest BCUT2D eigenvalue weighted by Crippen LogP contribution is -2.52.